The number of nitrogens with one attached hydrogen (secondary N) is 1. The molecular weight excluding hydrogens is 400 g/mol. The summed E-state index contributed by atoms with van der Waals surface area (Å²) >= 11 is 2.88. The minimum atomic E-state index is -1.09. The van der Waals surface area contributed by atoms with Crippen LogP contribution in [0.3, 0.4) is 0 Å². The standard InChI is InChI=1S/C17H20BrF2NO4/c1-4-25-17(24)11(7-21-15(8-22)9(2)3)16(23)10-5-12(18)14(20)6-13(10)19/h5-7,9,15,21-22H,4,8H2,1-3H3/t15-/m0/s1. The SMILES string of the molecule is CCOC(=O)C(=CN[C@@H](CO)C(C)C)C(=O)c1cc(Br)c(F)cc1F. The highest BCUT2D eigenvalue weighted by Crippen LogP contribution is 2.22. The van der Waals surface area contributed by atoms with E-state index < -0.39 is 40.6 Å². The molecule has 2 N–H and O–H groups in total. The first-order chi connectivity index (χ1) is 11.7. The third-order valence-electron chi connectivity index (χ3n) is 3.44. The van der Waals surface area contributed by atoms with Crippen LogP contribution in [0.1, 0.15) is 31.1 Å². The Bertz CT molecular complexity index is 677. The van der Waals surface area contributed by atoms with Crippen molar-refractivity contribution in [2.45, 2.75) is 26.8 Å². The first kappa shape index (κ1) is 21.2. The van der Waals surface area contributed by atoms with Crippen molar-refractivity contribution in [1.82, 2.24) is 5.32 Å². The summed E-state index contributed by atoms with van der Waals surface area (Å²) in [4.78, 5) is 24.6. The Morgan fingerprint density at radius 3 is 2.48 bits per heavy atom. The molecule has 1 aromatic rings. The average molecular weight is 420 g/mol. The van der Waals surface area contributed by atoms with Gasteiger partial charge in [0.25, 0.3) is 0 Å². The van der Waals surface area contributed by atoms with Gasteiger partial charge in [0.15, 0.2) is 0 Å². The average Bonchev–Trinajstić information content (AvgIpc) is 2.54. The van der Waals surface area contributed by atoms with Crippen LogP contribution in [0.2, 0.25) is 0 Å². The van der Waals surface area contributed by atoms with E-state index in [4.69, 9.17) is 4.74 Å². The van der Waals surface area contributed by atoms with Crippen LogP contribution in [0.5, 0.6) is 0 Å². The number of carbonyl (C=O) groups excluding carboxylic acids is 2. The zero-order valence-corrected chi connectivity index (χ0v) is 15.7. The van der Waals surface area contributed by atoms with Gasteiger partial charge < -0.3 is 15.2 Å². The fourth-order valence-corrected chi connectivity index (χ4v) is 2.26. The lowest BCUT2D eigenvalue weighted by atomic mass is 10.0. The third-order valence-corrected chi connectivity index (χ3v) is 4.05. The summed E-state index contributed by atoms with van der Waals surface area (Å²) in [6, 6.07) is 1.10. The molecule has 0 aliphatic heterocycles. The molecule has 0 aliphatic rings. The van der Waals surface area contributed by atoms with Gasteiger partial charge in [0.2, 0.25) is 5.78 Å². The molecule has 1 rings (SSSR count). The van der Waals surface area contributed by atoms with Gasteiger partial charge >= 0.3 is 5.97 Å². The van der Waals surface area contributed by atoms with E-state index in [0.717, 1.165) is 12.3 Å². The second kappa shape index (κ2) is 9.62. The largest absolute Gasteiger partial charge is 0.462 e. The Morgan fingerprint density at radius 2 is 1.96 bits per heavy atom. The Hall–Kier alpha value is -1.80. The summed E-state index contributed by atoms with van der Waals surface area (Å²) in [6.45, 7) is 5.03. The van der Waals surface area contributed by atoms with Crippen molar-refractivity contribution >= 4 is 27.7 Å². The molecule has 0 bridgehead atoms. The Kier molecular flexibility index (Phi) is 8.18. The van der Waals surface area contributed by atoms with Crippen LogP contribution in [0, 0.1) is 17.6 Å². The van der Waals surface area contributed by atoms with Crippen LogP contribution in [0.4, 0.5) is 8.78 Å². The summed E-state index contributed by atoms with van der Waals surface area (Å²) in [7, 11) is 0. The molecule has 8 heteroatoms. The van der Waals surface area contributed by atoms with Crippen molar-refractivity contribution in [3.05, 3.63) is 45.6 Å². The number of aliphatic hydroxyl groups is 1. The smallest absolute Gasteiger partial charge is 0.343 e. The third kappa shape index (κ3) is 5.61. The summed E-state index contributed by atoms with van der Waals surface area (Å²) < 4.78 is 32.0. The van der Waals surface area contributed by atoms with Gasteiger partial charge in [-0.3, -0.25) is 4.79 Å². The maximum absolute atomic E-state index is 14.0. The van der Waals surface area contributed by atoms with E-state index in [1.54, 1.807) is 6.92 Å². The molecule has 0 amide bonds. The van der Waals surface area contributed by atoms with Crippen LogP contribution < -0.4 is 5.32 Å². The number of carbonyl (C=O) groups is 2. The maximum atomic E-state index is 14.0. The van der Waals surface area contributed by atoms with Crippen LogP contribution in [0.15, 0.2) is 28.4 Å². The fourth-order valence-electron chi connectivity index (χ4n) is 1.91. The van der Waals surface area contributed by atoms with E-state index in [9.17, 15) is 23.5 Å². The molecule has 0 aromatic heterocycles. The lowest BCUT2D eigenvalue weighted by Gasteiger charge is -2.19. The zero-order valence-electron chi connectivity index (χ0n) is 14.1. The van der Waals surface area contributed by atoms with Gasteiger partial charge in [0.1, 0.15) is 17.2 Å². The van der Waals surface area contributed by atoms with Gasteiger partial charge in [-0.2, -0.15) is 0 Å². The molecule has 0 radical (unpaired) electrons. The van der Waals surface area contributed by atoms with Gasteiger partial charge in [-0.15, -0.1) is 0 Å². The topological polar surface area (TPSA) is 75.6 Å². The number of ether oxygens (including phenoxy) is 1. The monoisotopic (exact) mass is 419 g/mol. The van der Waals surface area contributed by atoms with Gasteiger partial charge in [-0.25, -0.2) is 13.6 Å². The van der Waals surface area contributed by atoms with Gasteiger partial charge in [-0.1, -0.05) is 13.8 Å². The molecule has 0 saturated carbocycles. The number of Topliss-reactive ketones (excluding diaryl/α,β-unsaturated/α-hetero) is 1. The number of benzene rings is 1. The number of halogens is 3. The predicted molar refractivity (Wildman–Crippen MR) is 92.0 cm³/mol. The molecule has 1 aromatic carbocycles. The maximum Gasteiger partial charge on any atom is 0.343 e. The second-order valence-electron chi connectivity index (χ2n) is 5.55. The number of hydrogen-bond donors (Lipinski definition) is 2. The molecular formula is C17H20BrF2NO4. The van der Waals surface area contributed by atoms with E-state index in [2.05, 4.69) is 21.2 Å². The molecule has 0 unspecified atom stereocenters. The van der Waals surface area contributed by atoms with Crippen molar-refractivity contribution in [1.29, 1.82) is 0 Å². The molecule has 0 heterocycles. The minimum absolute atomic E-state index is 0.0106. The first-order valence-electron chi connectivity index (χ1n) is 7.66. The first-order valence-corrected chi connectivity index (χ1v) is 8.45. The molecule has 0 saturated heterocycles. The van der Waals surface area contributed by atoms with Crippen molar-refractivity contribution < 1.29 is 28.2 Å². The second-order valence-corrected chi connectivity index (χ2v) is 6.41. The lowest BCUT2D eigenvalue weighted by Crippen LogP contribution is -2.34. The minimum Gasteiger partial charge on any atom is -0.462 e. The zero-order chi connectivity index (χ0) is 19.1. The van der Waals surface area contributed by atoms with Crippen LogP contribution >= 0.6 is 15.9 Å². The molecule has 0 spiro atoms. The summed E-state index contributed by atoms with van der Waals surface area (Å²) in [6.07, 6.45) is 1.10. The van der Waals surface area contributed by atoms with E-state index in [0.29, 0.717) is 6.07 Å². The molecule has 0 fully saturated rings. The van der Waals surface area contributed by atoms with Gasteiger partial charge in [0.05, 0.1) is 29.3 Å². The van der Waals surface area contributed by atoms with Crippen molar-refractivity contribution in [2.24, 2.45) is 5.92 Å². The molecule has 138 valence electrons. The quantitative estimate of drug-likeness (QED) is 0.169. The number of aliphatic hydroxyl groups excluding tert-OH is 1. The van der Waals surface area contributed by atoms with Crippen molar-refractivity contribution in [3.8, 4) is 0 Å². The van der Waals surface area contributed by atoms with Crippen LogP contribution in [0.25, 0.3) is 0 Å². The predicted octanol–water partition coefficient (Wildman–Crippen LogP) is 2.96. The highest BCUT2D eigenvalue weighted by Gasteiger charge is 2.25. The van der Waals surface area contributed by atoms with E-state index >= 15 is 0 Å². The number of hydrogen-bond acceptors (Lipinski definition) is 5. The van der Waals surface area contributed by atoms with Crippen molar-refractivity contribution in [3.63, 3.8) is 0 Å². The normalized spacial score (nSPS) is 12.9. The van der Waals surface area contributed by atoms with E-state index in [-0.39, 0.29) is 23.6 Å². The number of esters is 1. The molecule has 0 aliphatic carbocycles. The Morgan fingerprint density at radius 1 is 1.32 bits per heavy atom. The van der Waals surface area contributed by atoms with Crippen molar-refractivity contribution in [2.75, 3.05) is 13.2 Å². The van der Waals surface area contributed by atoms with Crippen LogP contribution in [-0.2, 0) is 9.53 Å². The number of ketones is 1. The van der Waals surface area contributed by atoms with Crippen LogP contribution in [-0.4, -0.2) is 36.1 Å². The molecule has 5 nitrogen and oxygen atoms in total. The Labute approximate surface area is 153 Å². The highest BCUT2D eigenvalue weighted by molar-refractivity contribution is 9.10. The number of rotatable bonds is 8. The summed E-state index contributed by atoms with van der Waals surface area (Å²) in [5.41, 5.74) is -0.919. The summed E-state index contributed by atoms with van der Waals surface area (Å²) in [5, 5.41) is 12.1. The molecule has 25 heavy (non-hydrogen) atoms. The van der Waals surface area contributed by atoms with Gasteiger partial charge in [-0.05, 0) is 34.8 Å². The lowest BCUT2D eigenvalue weighted by molar-refractivity contribution is -0.138. The Balaban J connectivity index is 3.26. The summed E-state index contributed by atoms with van der Waals surface area (Å²) in [5.74, 6) is -3.85. The van der Waals surface area contributed by atoms with E-state index in [1.165, 1.54) is 0 Å². The van der Waals surface area contributed by atoms with E-state index in [1.807, 2.05) is 13.8 Å². The van der Waals surface area contributed by atoms with Gasteiger partial charge in [0, 0.05) is 12.3 Å². The fraction of sp³-hybridized carbons (Fsp3) is 0.412. The highest BCUT2D eigenvalue weighted by atomic mass is 79.9. The molecule has 1 atom stereocenters.